The Balaban J connectivity index is 1.46. The molecule has 2 aromatic carbocycles. The quantitative estimate of drug-likeness (QED) is 0.521. The Hall–Kier alpha value is -3.68. The number of benzene rings is 2. The van der Waals surface area contributed by atoms with E-state index in [4.69, 9.17) is 5.73 Å². The van der Waals surface area contributed by atoms with Crippen molar-refractivity contribution in [2.75, 3.05) is 17.6 Å². The first-order valence-corrected chi connectivity index (χ1v) is 9.38. The second kappa shape index (κ2) is 7.38. The summed E-state index contributed by atoms with van der Waals surface area (Å²) >= 11 is 0. The smallest absolute Gasteiger partial charge is 0.262 e. The van der Waals surface area contributed by atoms with Gasteiger partial charge in [0.2, 0.25) is 11.8 Å². The van der Waals surface area contributed by atoms with E-state index in [1.54, 1.807) is 18.2 Å². The standard InChI is InChI=1S/C21H20N4O4/c22-13-3-1-12(2-4-13)9-10-23-14-5-6-15-16(11-14)21(29)25(20(15)28)17-7-8-18(26)24-19(17)27/h1-6,11,17,23H,7-10,22H2,(H,24,26,27). The summed E-state index contributed by atoms with van der Waals surface area (Å²) in [6, 6.07) is 11.6. The number of nitrogen functional groups attached to an aromatic ring is 1. The first-order valence-electron chi connectivity index (χ1n) is 9.38. The molecule has 2 aromatic rings. The zero-order valence-electron chi connectivity index (χ0n) is 15.6. The maximum Gasteiger partial charge on any atom is 0.262 e. The second-order valence-corrected chi connectivity index (χ2v) is 7.13. The van der Waals surface area contributed by atoms with Gasteiger partial charge in [-0.05, 0) is 48.7 Å². The number of hydrogen-bond donors (Lipinski definition) is 3. The molecule has 8 heteroatoms. The fraction of sp³-hybridized carbons (Fsp3) is 0.238. The van der Waals surface area contributed by atoms with Crippen LogP contribution in [0, 0.1) is 0 Å². The molecule has 8 nitrogen and oxygen atoms in total. The van der Waals surface area contributed by atoms with Crippen molar-refractivity contribution in [1.29, 1.82) is 0 Å². The number of hydrogen-bond acceptors (Lipinski definition) is 6. The first kappa shape index (κ1) is 18.7. The van der Waals surface area contributed by atoms with Crippen LogP contribution in [0.1, 0.15) is 39.1 Å². The van der Waals surface area contributed by atoms with Crippen molar-refractivity contribution < 1.29 is 19.2 Å². The topological polar surface area (TPSA) is 122 Å². The summed E-state index contributed by atoms with van der Waals surface area (Å²) in [5.74, 6) is -2.03. The van der Waals surface area contributed by atoms with E-state index < -0.39 is 29.7 Å². The molecule has 0 saturated carbocycles. The molecule has 2 aliphatic rings. The van der Waals surface area contributed by atoms with Crippen LogP contribution < -0.4 is 16.4 Å². The molecule has 4 amide bonds. The molecule has 1 atom stereocenters. The van der Waals surface area contributed by atoms with Crippen LogP contribution in [0.25, 0.3) is 0 Å². The number of imide groups is 2. The minimum Gasteiger partial charge on any atom is -0.399 e. The lowest BCUT2D eigenvalue weighted by atomic mass is 10.0. The Kier molecular flexibility index (Phi) is 4.75. The average molecular weight is 392 g/mol. The zero-order valence-corrected chi connectivity index (χ0v) is 15.6. The van der Waals surface area contributed by atoms with E-state index in [9.17, 15) is 19.2 Å². The molecule has 4 N–H and O–H groups in total. The minimum absolute atomic E-state index is 0.0990. The lowest BCUT2D eigenvalue weighted by Gasteiger charge is -2.27. The molecule has 1 unspecified atom stereocenters. The Morgan fingerprint density at radius 1 is 1.00 bits per heavy atom. The number of carbonyl (C=O) groups excluding carboxylic acids is 4. The molecule has 1 fully saturated rings. The van der Waals surface area contributed by atoms with Gasteiger partial charge >= 0.3 is 0 Å². The highest BCUT2D eigenvalue weighted by Crippen LogP contribution is 2.29. The molecule has 2 aliphatic heterocycles. The first-order chi connectivity index (χ1) is 13.9. The molecule has 0 spiro atoms. The van der Waals surface area contributed by atoms with Gasteiger partial charge in [0.1, 0.15) is 6.04 Å². The maximum atomic E-state index is 12.8. The van der Waals surface area contributed by atoms with E-state index in [-0.39, 0.29) is 24.0 Å². The summed E-state index contributed by atoms with van der Waals surface area (Å²) in [6.45, 7) is 0.641. The van der Waals surface area contributed by atoms with Gasteiger partial charge in [0.15, 0.2) is 0 Å². The Bertz CT molecular complexity index is 1020. The second-order valence-electron chi connectivity index (χ2n) is 7.13. The van der Waals surface area contributed by atoms with Crippen LogP contribution in [0.4, 0.5) is 11.4 Å². The van der Waals surface area contributed by atoms with Gasteiger partial charge in [-0.1, -0.05) is 12.1 Å². The van der Waals surface area contributed by atoms with Gasteiger partial charge in [-0.25, -0.2) is 0 Å². The number of fused-ring (bicyclic) bond motifs is 1. The highest BCUT2D eigenvalue weighted by molar-refractivity contribution is 6.23. The molecule has 148 valence electrons. The molecule has 29 heavy (non-hydrogen) atoms. The summed E-state index contributed by atoms with van der Waals surface area (Å²) < 4.78 is 0. The summed E-state index contributed by atoms with van der Waals surface area (Å²) in [6.07, 6.45) is 1.01. The number of nitrogens with one attached hydrogen (secondary N) is 2. The normalized spacial score (nSPS) is 18.6. The third-order valence-corrected chi connectivity index (χ3v) is 5.16. The van der Waals surface area contributed by atoms with Crippen molar-refractivity contribution in [3.8, 4) is 0 Å². The van der Waals surface area contributed by atoms with Gasteiger partial charge in [0.05, 0.1) is 11.1 Å². The zero-order chi connectivity index (χ0) is 20.5. The van der Waals surface area contributed by atoms with Gasteiger partial charge in [0.25, 0.3) is 11.8 Å². The highest BCUT2D eigenvalue weighted by atomic mass is 16.2. The SMILES string of the molecule is Nc1ccc(CCNc2ccc3c(c2)C(=O)N(C2CCC(=O)NC2=O)C3=O)cc1. The Morgan fingerprint density at radius 3 is 2.45 bits per heavy atom. The predicted octanol–water partition coefficient (Wildman–Crippen LogP) is 1.32. The number of carbonyl (C=O) groups is 4. The van der Waals surface area contributed by atoms with E-state index in [1.807, 2.05) is 24.3 Å². The molecular weight excluding hydrogens is 372 g/mol. The summed E-state index contributed by atoms with van der Waals surface area (Å²) in [7, 11) is 0. The molecule has 1 saturated heterocycles. The predicted molar refractivity (Wildman–Crippen MR) is 106 cm³/mol. The van der Waals surface area contributed by atoms with Crippen LogP contribution in [0.5, 0.6) is 0 Å². The number of nitrogens with two attached hydrogens (primary N) is 1. The van der Waals surface area contributed by atoms with Crippen LogP contribution in [-0.4, -0.2) is 41.1 Å². The van der Waals surface area contributed by atoms with Gasteiger partial charge in [-0.15, -0.1) is 0 Å². The number of amides is 4. The molecule has 0 bridgehead atoms. The van der Waals surface area contributed by atoms with E-state index >= 15 is 0 Å². The number of anilines is 2. The van der Waals surface area contributed by atoms with Crippen molar-refractivity contribution in [3.05, 3.63) is 59.2 Å². The van der Waals surface area contributed by atoms with Crippen molar-refractivity contribution in [3.63, 3.8) is 0 Å². The Labute approximate surface area is 167 Å². The van der Waals surface area contributed by atoms with Crippen molar-refractivity contribution in [2.24, 2.45) is 0 Å². The van der Waals surface area contributed by atoms with Crippen LogP contribution >= 0.6 is 0 Å². The van der Waals surface area contributed by atoms with E-state index in [2.05, 4.69) is 10.6 Å². The van der Waals surface area contributed by atoms with Crippen LogP contribution in [-0.2, 0) is 16.0 Å². The van der Waals surface area contributed by atoms with Crippen molar-refractivity contribution in [2.45, 2.75) is 25.3 Å². The third-order valence-electron chi connectivity index (χ3n) is 5.16. The molecule has 0 radical (unpaired) electrons. The summed E-state index contributed by atoms with van der Waals surface area (Å²) in [4.78, 5) is 49.9. The van der Waals surface area contributed by atoms with Gasteiger partial charge in [-0.2, -0.15) is 0 Å². The largest absolute Gasteiger partial charge is 0.399 e. The molecular formula is C21H20N4O4. The minimum atomic E-state index is -0.956. The van der Waals surface area contributed by atoms with Crippen LogP contribution in [0.15, 0.2) is 42.5 Å². The average Bonchev–Trinajstić information content (AvgIpc) is 2.94. The Morgan fingerprint density at radius 2 is 1.72 bits per heavy atom. The van der Waals surface area contributed by atoms with E-state index in [0.29, 0.717) is 17.9 Å². The fourth-order valence-electron chi connectivity index (χ4n) is 3.62. The maximum absolute atomic E-state index is 12.8. The molecule has 4 rings (SSSR count). The number of nitrogens with zero attached hydrogens (tertiary/aromatic N) is 1. The molecule has 0 aliphatic carbocycles. The van der Waals surface area contributed by atoms with Gasteiger partial charge in [-0.3, -0.25) is 29.4 Å². The number of rotatable bonds is 5. The van der Waals surface area contributed by atoms with Crippen LogP contribution in [0.3, 0.4) is 0 Å². The monoisotopic (exact) mass is 392 g/mol. The lowest BCUT2D eigenvalue weighted by molar-refractivity contribution is -0.136. The summed E-state index contributed by atoms with van der Waals surface area (Å²) in [5, 5.41) is 5.43. The van der Waals surface area contributed by atoms with E-state index in [1.165, 1.54) is 0 Å². The van der Waals surface area contributed by atoms with Crippen molar-refractivity contribution >= 4 is 35.0 Å². The molecule has 0 aromatic heterocycles. The van der Waals surface area contributed by atoms with Crippen LogP contribution in [0.2, 0.25) is 0 Å². The number of piperidine rings is 1. The fourth-order valence-corrected chi connectivity index (χ4v) is 3.62. The van der Waals surface area contributed by atoms with Gasteiger partial charge in [0, 0.05) is 24.3 Å². The van der Waals surface area contributed by atoms with Crippen molar-refractivity contribution in [1.82, 2.24) is 10.2 Å². The molecule has 2 heterocycles. The van der Waals surface area contributed by atoms with E-state index in [0.717, 1.165) is 16.9 Å². The third kappa shape index (κ3) is 3.56. The summed E-state index contributed by atoms with van der Waals surface area (Å²) in [5.41, 5.74) is 8.76. The van der Waals surface area contributed by atoms with Gasteiger partial charge < -0.3 is 11.1 Å². The lowest BCUT2D eigenvalue weighted by Crippen LogP contribution is -2.54. The highest BCUT2D eigenvalue weighted by Gasteiger charge is 2.44.